The first kappa shape index (κ1) is 33.1. The minimum Gasteiger partial charge on any atom is -0.309 e. The van der Waals surface area contributed by atoms with Crippen molar-refractivity contribution in [2.24, 2.45) is 0 Å². The smallest absolute Gasteiger partial charge is 0.119 e. The maximum atomic E-state index is 9.74. The minimum atomic E-state index is -0.469. The lowest BCUT2D eigenvalue weighted by Crippen LogP contribution is -2.28. The minimum absolute atomic E-state index is 0.00371. The van der Waals surface area contributed by atoms with Crippen molar-refractivity contribution >= 4 is 21.8 Å². The molecule has 2 saturated heterocycles. The van der Waals surface area contributed by atoms with E-state index in [2.05, 4.69) is 208 Å². The molecule has 2 aliphatic heterocycles. The highest BCUT2D eigenvalue weighted by atomic mass is 15.9. The van der Waals surface area contributed by atoms with Gasteiger partial charge in [-0.05, 0) is 92.5 Å². The molecule has 3 aliphatic rings. The lowest BCUT2D eigenvalue weighted by Gasteiger charge is -2.34. The number of hydrogen-bond donors (Lipinski definition) is 1. The fourth-order valence-electron chi connectivity index (χ4n) is 10.3. The number of benzene rings is 8. The number of para-hydroxylation sites is 1. The van der Waals surface area contributed by atoms with Gasteiger partial charge in [0.15, 0.2) is 0 Å². The van der Waals surface area contributed by atoms with Gasteiger partial charge in [0.05, 0.1) is 28.1 Å². The molecule has 1 aliphatic carbocycles. The zero-order valence-corrected chi connectivity index (χ0v) is 31.6. The third-order valence-corrected chi connectivity index (χ3v) is 12.7. The summed E-state index contributed by atoms with van der Waals surface area (Å²) >= 11 is 0. The van der Waals surface area contributed by atoms with Gasteiger partial charge in [-0.3, -0.25) is 5.32 Å². The molecule has 0 amide bonds. The SMILES string of the molecule is N#Cc1cccc(C2N3C(c4cccc(-n5c6ccccc6c6cc7c(cc65)-c5ccccc5C7(c5ccccc5)c5ccccc5)c4)NC(c4ccccc4)[N@]23)c1. The Kier molecular flexibility index (Phi) is 7.26. The normalized spacial score (nSPS) is 21.0. The molecule has 0 radical (unpaired) electrons. The van der Waals surface area contributed by atoms with E-state index in [0.717, 1.165) is 11.3 Å². The first-order chi connectivity index (χ1) is 28.7. The standard InChI is InChI=1S/C53H37N5/c54-34-35-16-14-20-38(30-35)52-57-50(36-17-4-1-5-18-36)55-51(58(52)57)37-19-15-25-41(31-37)56-48-29-13-11-27-43(48)45-32-47-44(33-49(45)56)42-26-10-12-28-46(42)53(47,39-21-6-2-7-22-39)40-23-8-3-9-24-40/h1-33,50-52,55H/t50?,51?,52?,57-,58?/m1/s1. The zero-order valence-electron chi connectivity index (χ0n) is 31.6. The molecule has 5 atom stereocenters. The highest BCUT2D eigenvalue weighted by Gasteiger charge is 2.60. The molecule has 5 nitrogen and oxygen atoms in total. The van der Waals surface area contributed by atoms with Crippen LogP contribution in [-0.2, 0) is 5.41 Å². The zero-order chi connectivity index (χ0) is 38.4. The third kappa shape index (κ3) is 4.68. The Balaban J connectivity index is 1.04. The molecule has 9 aromatic rings. The molecule has 58 heavy (non-hydrogen) atoms. The van der Waals surface area contributed by atoms with Gasteiger partial charge in [-0.2, -0.15) is 15.3 Å². The summed E-state index contributed by atoms with van der Waals surface area (Å²) in [4.78, 5) is 0. The molecule has 3 heterocycles. The number of fused-ring (bicyclic) bond motifs is 7. The van der Waals surface area contributed by atoms with Gasteiger partial charge in [-0.1, -0.05) is 158 Å². The maximum Gasteiger partial charge on any atom is 0.119 e. The number of aromatic nitrogens is 1. The first-order valence-electron chi connectivity index (χ1n) is 20.0. The molecular formula is C53H37N5. The monoisotopic (exact) mass is 743 g/mol. The molecule has 1 aromatic heterocycles. The van der Waals surface area contributed by atoms with E-state index in [4.69, 9.17) is 0 Å². The van der Waals surface area contributed by atoms with Crippen LogP contribution in [0.2, 0.25) is 0 Å². The lowest BCUT2D eigenvalue weighted by atomic mass is 9.67. The summed E-state index contributed by atoms with van der Waals surface area (Å²) in [5.74, 6) is 0. The van der Waals surface area contributed by atoms with Crippen LogP contribution in [0.1, 0.15) is 63.0 Å². The van der Waals surface area contributed by atoms with Gasteiger partial charge in [0.1, 0.15) is 18.5 Å². The predicted octanol–water partition coefficient (Wildman–Crippen LogP) is 11.6. The van der Waals surface area contributed by atoms with Gasteiger partial charge in [0.25, 0.3) is 0 Å². The third-order valence-electron chi connectivity index (χ3n) is 12.7. The van der Waals surface area contributed by atoms with Crippen molar-refractivity contribution < 1.29 is 0 Å². The molecule has 1 N–H and O–H groups in total. The maximum absolute atomic E-state index is 9.74. The fraction of sp³-hybridized carbons (Fsp3) is 0.0755. The molecular weight excluding hydrogens is 707 g/mol. The average molecular weight is 744 g/mol. The molecule has 0 saturated carbocycles. The molecule has 0 bridgehead atoms. The number of hydrogen-bond acceptors (Lipinski definition) is 4. The van der Waals surface area contributed by atoms with Crippen LogP contribution < -0.4 is 5.32 Å². The van der Waals surface area contributed by atoms with Crippen molar-refractivity contribution in [3.8, 4) is 22.9 Å². The summed E-state index contributed by atoms with van der Waals surface area (Å²) < 4.78 is 2.46. The molecule has 4 unspecified atom stereocenters. The first-order valence-corrected chi connectivity index (χ1v) is 20.0. The van der Waals surface area contributed by atoms with Crippen LogP contribution in [0.5, 0.6) is 0 Å². The molecule has 2 fully saturated rings. The van der Waals surface area contributed by atoms with Crippen molar-refractivity contribution in [2.75, 3.05) is 0 Å². The van der Waals surface area contributed by atoms with Crippen molar-refractivity contribution in [3.05, 3.63) is 245 Å². The topological polar surface area (TPSA) is 46.8 Å². The Morgan fingerprint density at radius 3 is 1.84 bits per heavy atom. The van der Waals surface area contributed by atoms with Crippen molar-refractivity contribution in [1.29, 1.82) is 5.26 Å². The van der Waals surface area contributed by atoms with E-state index in [-0.39, 0.29) is 18.5 Å². The second-order valence-electron chi connectivity index (χ2n) is 15.6. The van der Waals surface area contributed by atoms with E-state index in [1.54, 1.807) is 0 Å². The number of nitrogens with zero attached hydrogens (tertiary/aromatic N) is 4. The van der Waals surface area contributed by atoms with E-state index in [1.807, 2.05) is 18.2 Å². The number of rotatable bonds is 6. The van der Waals surface area contributed by atoms with Crippen LogP contribution in [0.3, 0.4) is 0 Å². The van der Waals surface area contributed by atoms with Gasteiger partial charge in [0.2, 0.25) is 0 Å². The molecule has 0 spiro atoms. The van der Waals surface area contributed by atoms with Crippen LogP contribution in [0.15, 0.2) is 200 Å². The van der Waals surface area contributed by atoms with Crippen molar-refractivity contribution in [2.45, 2.75) is 23.9 Å². The van der Waals surface area contributed by atoms with E-state index < -0.39 is 5.41 Å². The second-order valence-corrected chi connectivity index (χ2v) is 15.6. The Morgan fingerprint density at radius 2 is 1.09 bits per heavy atom. The van der Waals surface area contributed by atoms with E-state index in [1.165, 1.54) is 66.3 Å². The summed E-state index contributed by atoms with van der Waals surface area (Å²) in [7, 11) is 0. The molecule has 12 rings (SSSR count). The summed E-state index contributed by atoms with van der Waals surface area (Å²) in [5, 5.41) is 21.0. The highest BCUT2D eigenvalue weighted by Crippen LogP contribution is 2.59. The quantitative estimate of drug-likeness (QED) is 0.172. The average Bonchev–Trinajstić information content (AvgIpc) is 3.60. The van der Waals surface area contributed by atoms with Gasteiger partial charge < -0.3 is 4.57 Å². The van der Waals surface area contributed by atoms with Crippen LogP contribution in [0.25, 0.3) is 38.6 Å². The molecule has 274 valence electrons. The molecule has 8 aromatic carbocycles. The fourth-order valence-corrected chi connectivity index (χ4v) is 10.3. The van der Waals surface area contributed by atoms with Gasteiger partial charge in [0, 0.05) is 16.5 Å². The Hall–Kier alpha value is -7.07. The lowest BCUT2D eigenvalue weighted by molar-refractivity contribution is 0.314. The predicted molar refractivity (Wildman–Crippen MR) is 231 cm³/mol. The number of nitriles is 1. The second kappa shape index (κ2) is 12.7. The van der Waals surface area contributed by atoms with Crippen molar-refractivity contribution in [1.82, 2.24) is 19.9 Å². The van der Waals surface area contributed by atoms with Crippen molar-refractivity contribution in [3.63, 3.8) is 0 Å². The van der Waals surface area contributed by atoms with Gasteiger partial charge in [-0.15, -0.1) is 0 Å². The van der Waals surface area contributed by atoms with Gasteiger partial charge in [-0.25, -0.2) is 0 Å². The van der Waals surface area contributed by atoms with E-state index in [0.29, 0.717) is 5.56 Å². The Bertz CT molecular complexity index is 3050. The largest absolute Gasteiger partial charge is 0.309 e. The Morgan fingerprint density at radius 1 is 0.466 bits per heavy atom. The number of hydrazine groups is 1. The van der Waals surface area contributed by atoms with E-state index >= 15 is 0 Å². The van der Waals surface area contributed by atoms with Crippen LogP contribution in [0, 0.1) is 11.3 Å². The summed E-state index contributed by atoms with van der Waals surface area (Å²) in [6, 6.07) is 74.9. The number of nitrogens with one attached hydrogen (secondary N) is 1. The van der Waals surface area contributed by atoms with Crippen LogP contribution in [-0.4, -0.2) is 14.6 Å². The van der Waals surface area contributed by atoms with Gasteiger partial charge >= 0.3 is 0 Å². The summed E-state index contributed by atoms with van der Waals surface area (Å²) in [6.07, 6.45) is -0.0164. The Labute approximate surface area is 337 Å². The summed E-state index contributed by atoms with van der Waals surface area (Å²) in [5.41, 5.74) is 14.9. The summed E-state index contributed by atoms with van der Waals surface area (Å²) in [6.45, 7) is 0. The van der Waals surface area contributed by atoms with Crippen LogP contribution >= 0.6 is 0 Å². The highest BCUT2D eigenvalue weighted by molar-refractivity contribution is 6.11. The molecule has 5 heteroatoms. The van der Waals surface area contributed by atoms with E-state index in [9.17, 15) is 5.26 Å². The van der Waals surface area contributed by atoms with Crippen LogP contribution in [0.4, 0.5) is 0 Å².